The fraction of sp³-hybridized carbons (Fsp3) is 0.333. The van der Waals surface area contributed by atoms with E-state index in [2.05, 4.69) is 24.0 Å². The molecular formula is C18H17FN2OS. The number of nitrogens with zero attached hydrogens (tertiary/aromatic N) is 1. The molecule has 0 radical (unpaired) electrons. The van der Waals surface area contributed by atoms with Crippen molar-refractivity contribution in [3.8, 4) is 6.07 Å². The van der Waals surface area contributed by atoms with E-state index in [1.54, 1.807) is 12.1 Å². The van der Waals surface area contributed by atoms with Gasteiger partial charge in [-0.25, -0.2) is 4.39 Å². The summed E-state index contributed by atoms with van der Waals surface area (Å²) in [6.45, 7) is 4.09. The van der Waals surface area contributed by atoms with Crippen LogP contribution in [0.15, 0.2) is 46.1 Å². The molecule has 1 unspecified atom stereocenters. The van der Waals surface area contributed by atoms with Gasteiger partial charge in [0.2, 0.25) is 0 Å². The Morgan fingerprint density at radius 2 is 1.96 bits per heavy atom. The van der Waals surface area contributed by atoms with Crippen molar-refractivity contribution in [3.05, 3.63) is 57.5 Å². The predicted octanol–water partition coefficient (Wildman–Crippen LogP) is 3.82. The summed E-state index contributed by atoms with van der Waals surface area (Å²) >= 11 is 4.40. The van der Waals surface area contributed by atoms with E-state index in [1.807, 2.05) is 13.8 Å². The van der Waals surface area contributed by atoms with E-state index >= 15 is 0 Å². The number of hydrogen-bond donors (Lipinski definition) is 2. The van der Waals surface area contributed by atoms with Gasteiger partial charge >= 0.3 is 0 Å². The van der Waals surface area contributed by atoms with Crippen LogP contribution in [0.4, 0.5) is 4.39 Å². The third-order valence-electron chi connectivity index (χ3n) is 4.35. The average Bonchev–Trinajstić information content (AvgIpc) is 2.45. The zero-order valence-electron chi connectivity index (χ0n) is 13.0. The molecule has 2 aliphatic rings. The molecule has 0 fully saturated rings. The van der Waals surface area contributed by atoms with Gasteiger partial charge in [-0.15, -0.1) is 12.6 Å². The fourth-order valence-corrected chi connectivity index (χ4v) is 3.69. The van der Waals surface area contributed by atoms with Gasteiger partial charge in [0, 0.05) is 17.7 Å². The fourth-order valence-electron chi connectivity index (χ4n) is 3.38. The molecule has 0 bridgehead atoms. The number of carbonyl (C=O) groups excluding carboxylic acids is 1. The van der Waals surface area contributed by atoms with Crippen molar-refractivity contribution in [2.45, 2.75) is 32.6 Å². The Kier molecular flexibility index (Phi) is 3.81. The molecule has 3 nitrogen and oxygen atoms in total. The van der Waals surface area contributed by atoms with Crippen molar-refractivity contribution in [3.63, 3.8) is 0 Å². The minimum Gasteiger partial charge on any atom is -0.353 e. The van der Waals surface area contributed by atoms with Crippen LogP contribution in [0.5, 0.6) is 0 Å². The number of halogens is 1. The van der Waals surface area contributed by atoms with Crippen LogP contribution in [0.2, 0.25) is 0 Å². The zero-order valence-corrected chi connectivity index (χ0v) is 13.9. The summed E-state index contributed by atoms with van der Waals surface area (Å²) in [7, 11) is 0. The van der Waals surface area contributed by atoms with Gasteiger partial charge in [-0.3, -0.25) is 4.79 Å². The summed E-state index contributed by atoms with van der Waals surface area (Å²) in [6, 6.07) is 8.10. The van der Waals surface area contributed by atoms with Crippen molar-refractivity contribution >= 4 is 18.4 Å². The Labute approximate surface area is 140 Å². The van der Waals surface area contributed by atoms with Crippen LogP contribution in [-0.4, -0.2) is 5.78 Å². The van der Waals surface area contributed by atoms with E-state index < -0.39 is 5.92 Å². The first-order valence-electron chi connectivity index (χ1n) is 7.44. The van der Waals surface area contributed by atoms with Gasteiger partial charge < -0.3 is 5.32 Å². The average molecular weight is 328 g/mol. The van der Waals surface area contributed by atoms with Crippen LogP contribution in [0.1, 0.15) is 38.2 Å². The minimum atomic E-state index is -0.479. The quantitative estimate of drug-likeness (QED) is 0.771. The Balaban J connectivity index is 2.17. The number of hydrogen-bond acceptors (Lipinski definition) is 4. The van der Waals surface area contributed by atoms with E-state index in [4.69, 9.17) is 0 Å². The maximum atomic E-state index is 13.2. The van der Waals surface area contributed by atoms with Crippen molar-refractivity contribution in [1.29, 1.82) is 5.26 Å². The molecule has 0 saturated heterocycles. The normalized spacial score (nSPS) is 23.3. The lowest BCUT2D eigenvalue weighted by atomic mass is 9.69. The maximum Gasteiger partial charge on any atom is 0.162 e. The van der Waals surface area contributed by atoms with E-state index in [1.165, 1.54) is 12.1 Å². The molecule has 1 heterocycles. The highest BCUT2D eigenvalue weighted by Crippen LogP contribution is 2.46. The number of allylic oxidation sites excluding steroid dienone is 3. The van der Waals surface area contributed by atoms with Gasteiger partial charge in [0.05, 0.1) is 22.6 Å². The Morgan fingerprint density at radius 1 is 1.30 bits per heavy atom. The molecule has 1 aliphatic heterocycles. The monoisotopic (exact) mass is 328 g/mol. The number of nitriles is 1. The lowest BCUT2D eigenvalue weighted by Gasteiger charge is -2.38. The number of thiol groups is 1. The van der Waals surface area contributed by atoms with Crippen molar-refractivity contribution < 1.29 is 9.18 Å². The third-order valence-corrected chi connectivity index (χ3v) is 4.70. The second-order valence-corrected chi connectivity index (χ2v) is 7.26. The molecule has 1 aromatic carbocycles. The third kappa shape index (κ3) is 2.79. The Hall–Kier alpha value is -2.06. The minimum absolute atomic E-state index is 0.0339. The number of benzene rings is 1. The standard InChI is InChI=1S/C18H17FN2OS/c1-18(2)7-13-16(14(22)8-18)15(12(9-20)17(23)21-13)10-3-5-11(19)6-4-10/h3-6,15,21,23H,7-8H2,1-2H3. The second-order valence-electron chi connectivity index (χ2n) is 6.82. The van der Waals surface area contributed by atoms with E-state index in [-0.39, 0.29) is 17.0 Å². The highest BCUT2D eigenvalue weighted by Gasteiger charge is 2.41. The molecule has 118 valence electrons. The Morgan fingerprint density at radius 3 is 2.57 bits per heavy atom. The largest absolute Gasteiger partial charge is 0.353 e. The van der Waals surface area contributed by atoms with Crippen LogP contribution in [0.25, 0.3) is 0 Å². The van der Waals surface area contributed by atoms with Gasteiger partial charge in [0.15, 0.2) is 5.78 Å². The lowest BCUT2D eigenvalue weighted by molar-refractivity contribution is -0.118. The molecule has 0 saturated carbocycles. The summed E-state index contributed by atoms with van der Waals surface area (Å²) in [5, 5.41) is 13.1. The summed E-state index contributed by atoms with van der Waals surface area (Å²) in [6.07, 6.45) is 1.15. The number of ketones is 1. The molecule has 1 atom stereocenters. The molecule has 0 spiro atoms. The van der Waals surface area contributed by atoms with Crippen LogP contribution >= 0.6 is 12.6 Å². The first-order chi connectivity index (χ1) is 10.8. The number of carbonyl (C=O) groups is 1. The van der Waals surface area contributed by atoms with Crippen molar-refractivity contribution in [2.75, 3.05) is 0 Å². The molecular weight excluding hydrogens is 311 g/mol. The zero-order chi connectivity index (χ0) is 16.8. The SMILES string of the molecule is CC1(C)CC(=O)C2=C(C1)NC(S)=C(C#N)C2c1ccc(F)cc1. The van der Waals surface area contributed by atoms with E-state index in [0.29, 0.717) is 29.0 Å². The molecule has 0 aromatic heterocycles. The highest BCUT2D eigenvalue weighted by atomic mass is 32.1. The molecule has 1 aliphatic carbocycles. The number of dihydropyridines is 1. The number of Topliss-reactive ketones (excluding diaryl/α,β-unsaturated/α-hetero) is 1. The molecule has 23 heavy (non-hydrogen) atoms. The maximum absolute atomic E-state index is 13.2. The van der Waals surface area contributed by atoms with Gasteiger partial charge in [-0.2, -0.15) is 5.26 Å². The lowest BCUT2D eigenvalue weighted by Crippen LogP contribution is -2.36. The predicted molar refractivity (Wildman–Crippen MR) is 88.9 cm³/mol. The highest BCUT2D eigenvalue weighted by molar-refractivity contribution is 7.84. The van der Waals surface area contributed by atoms with E-state index in [0.717, 1.165) is 11.3 Å². The van der Waals surface area contributed by atoms with Gasteiger partial charge in [-0.1, -0.05) is 26.0 Å². The summed E-state index contributed by atoms with van der Waals surface area (Å²) < 4.78 is 13.2. The van der Waals surface area contributed by atoms with Gasteiger partial charge in [0.25, 0.3) is 0 Å². The van der Waals surface area contributed by atoms with Crippen molar-refractivity contribution in [1.82, 2.24) is 5.32 Å². The number of nitrogens with one attached hydrogen (secondary N) is 1. The van der Waals surface area contributed by atoms with Crippen LogP contribution in [0, 0.1) is 22.6 Å². The molecule has 3 rings (SSSR count). The first-order valence-corrected chi connectivity index (χ1v) is 7.89. The van der Waals surface area contributed by atoms with Crippen molar-refractivity contribution in [2.24, 2.45) is 5.41 Å². The smallest absolute Gasteiger partial charge is 0.162 e. The second kappa shape index (κ2) is 5.54. The topological polar surface area (TPSA) is 52.9 Å². The van der Waals surface area contributed by atoms with Gasteiger partial charge in [-0.05, 0) is 29.5 Å². The first kappa shape index (κ1) is 15.8. The Bertz CT molecular complexity index is 784. The molecule has 1 N–H and O–H groups in total. The van der Waals surface area contributed by atoms with E-state index in [9.17, 15) is 14.4 Å². The van der Waals surface area contributed by atoms with Crippen LogP contribution in [-0.2, 0) is 4.79 Å². The molecule has 5 heteroatoms. The summed E-state index contributed by atoms with van der Waals surface area (Å²) in [5.41, 5.74) is 2.44. The van der Waals surface area contributed by atoms with Crippen LogP contribution in [0.3, 0.4) is 0 Å². The molecule has 1 aromatic rings. The summed E-state index contributed by atoms with van der Waals surface area (Å²) in [5.74, 6) is -0.791. The molecule has 0 amide bonds. The number of rotatable bonds is 1. The van der Waals surface area contributed by atoms with Crippen LogP contribution < -0.4 is 5.32 Å². The van der Waals surface area contributed by atoms with Gasteiger partial charge in [0.1, 0.15) is 5.82 Å². The summed E-state index contributed by atoms with van der Waals surface area (Å²) in [4.78, 5) is 12.7.